The molecule has 2 aromatic carbocycles. The monoisotopic (exact) mass is 458 g/mol. The molecule has 8 heteroatoms. The van der Waals surface area contributed by atoms with Crippen molar-refractivity contribution in [2.24, 2.45) is 0 Å². The van der Waals surface area contributed by atoms with E-state index in [0.29, 0.717) is 28.5 Å². The van der Waals surface area contributed by atoms with E-state index in [1.807, 2.05) is 42.5 Å². The molecule has 0 spiro atoms. The van der Waals surface area contributed by atoms with Gasteiger partial charge in [0, 0.05) is 17.0 Å². The second-order valence-corrected chi connectivity index (χ2v) is 9.03. The quantitative estimate of drug-likeness (QED) is 0.351. The highest BCUT2D eigenvalue weighted by Gasteiger charge is 2.30. The predicted octanol–water partition coefficient (Wildman–Crippen LogP) is 5.70. The smallest absolute Gasteiger partial charge is 0.222 e. The highest BCUT2D eigenvalue weighted by molar-refractivity contribution is 6.02. The van der Waals surface area contributed by atoms with E-state index >= 15 is 0 Å². The summed E-state index contributed by atoms with van der Waals surface area (Å²) in [5.74, 6) is 1.92. The maximum Gasteiger partial charge on any atom is 0.222 e. The molecule has 0 radical (unpaired) electrons. The summed E-state index contributed by atoms with van der Waals surface area (Å²) in [6.45, 7) is 6.29. The Bertz CT molecular complexity index is 1470. The fourth-order valence-corrected chi connectivity index (χ4v) is 4.32. The van der Waals surface area contributed by atoms with E-state index in [4.69, 9.17) is 13.9 Å². The minimum atomic E-state index is -0.262. The van der Waals surface area contributed by atoms with Crippen LogP contribution in [-0.4, -0.2) is 39.1 Å². The van der Waals surface area contributed by atoms with Crippen molar-refractivity contribution in [2.45, 2.75) is 26.2 Å². The lowest BCUT2D eigenvalue weighted by atomic mass is 9.89. The van der Waals surface area contributed by atoms with Gasteiger partial charge < -0.3 is 19.0 Å². The highest BCUT2D eigenvalue weighted by atomic mass is 16.5. The zero-order chi connectivity index (χ0) is 24.0. The lowest BCUT2D eigenvalue weighted by Gasteiger charge is -2.19. The van der Waals surface area contributed by atoms with Crippen LogP contribution in [0.3, 0.4) is 0 Å². The second-order valence-electron chi connectivity index (χ2n) is 9.03. The van der Waals surface area contributed by atoms with Crippen molar-refractivity contribution >= 4 is 10.9 Å². The van der Waals surface area contributed by atoms with Crippen LogP contribution in [0, 0.1) is 0 Å². The van der Waals surface area contributed by atoms with Crippen molar-refractivity contribution in [3.63, 3.8) is 0 Å². The van der Waals surface area contributed by atoms with E-state index in [9.17, 15) is 5.11 Å². The number of fused-ring (bicyclic) bond motifs is 1. The topological polar surface area (TPSA) is 98.3 Å². The number of hydrogen-bond acceptors (Lipinski definition) is 6. The average molecular weight is 459 g/mol. The zero-order valence-electron chi connectivity index (χ0n) is 19.7. The van der Waals surface area contributed by atoms with Crippen LogP contribution in [-0.2, 0) is 5.41 Å². The van der Waals surface area contributed by atoms with Crippen molar-refractivity contribution in [3.05, 3.63) is 60.7 Å². The van der Waals surface area contributed by atoms with Gasteiger partial charge in [0.15, 0.2) is 12.2 Å². The Labute approximate surface area is 196 Å². The Morgan fingerprint density at radius 3 is 2.44 bits per heavy atom. The summed E-state index contributed by atoms with van der Waals surface area (Å²) in [7, 11) is 3.24. The molecule has 0 aliphatic heterocycles. The van der Waals surface area contributed by atoms with Gasteiger partial charge in [-0.15, -0.1) is 0 Å². The van der Waals surface area contributed by atoms with Gasteiger partial charge in [0.2, 0.25) is 5.88 Å². The van der Waals surface area contributed by atoms with Gasteiger partial charge in [0.25, 0.3) is 0 Å². The summed E-state index contributed by atoms with van der Waals surface area (Å²) in [6.07, 6.45) is 3.01. The Balaban J connectivity index is 1.85. The van der Waals surface area contributed by atoms with Crippen molar-refractivity contribution in [2.75, 3.05) is 14.2 Å². The number of nitrogens with zero attached hydrogens (tertiary/aromatic N) is 3. The van der Waals surface area contributed by atoms with Gasteiger partial charge >= 0.3 is 0 Å². The van der Waals surface area contributed by atoms with E-state index in [1.54, 1.807) is 25.0 Å². The number of para-hydroxylation sites is 1. The van der Waals surface area contributed by atoms with E-state index in [2.05, 4.69) is 36.0 Å². The summed E-state index contributed by atoms with van der Waals surface area (Å²) in [6, 6.07) is 13.4. The molecule has 0 aliphatic rings. The maximum absolute atomic E-state index is 11.4. The van der Waals surface area contributed by atoms with E-state index in [1.165, 1.54) is 6.39 Å². The fourth-order valence-electron chi connectivity index (χ4n) is 4.32. The summed E-state index contributed by atoms with van der Waals surface area (Å²) in [4.78, 5) is 4.00. The van der Waals surface area contributed by atoms with Gasteiger partial charge in [-0.2, -0.15) is 5.10 Å². The first-order valence-corrected chi connectivity index (χ1v) is 10.9. The molecule has 3 aromatic heterocycles. The Kier molecular flexibility index (Phi) is 5.08. The van der Waals surface area contributed by atoms with Crippen molar-refractivity contribution in [3.8, 4) is 45.6 Å². The largest absolute Gasteiger partial charge is 0.496 e. The third kappa shape index (κ3) is 3.30. The molecule has 174 valence electrons. The summed E-state index contributed by atoms with van der Waals surface area (Å²) in [5.41, 5.74) is 4.23. The summed E-state index contributed by atoms with van der Waals surface area (Å²) in [5, 5.41) is 19.9. The standard InChI is InChI=1S/C26H26N4O4/c1-26(2,3)24-21-22(28-29-24)25(31)30(23(21)17-8-6-7-9-18(17)32-4)15-10-11-16(19(12-15)33-5)20-13-27-14-34-20/h6-14,28,31H,1-5H3. The number of H-pyrrole nitrogens is 1. The minimum Gasteiger partial charge on any atom is -0.496 e. The van der Waals surface area contributed by atoms with Gasteiger partial charge in [0.1, 0.15) is 17.0 Å². The summed E-state index contributed by atoms with van der Waals surface area (Å²) >= 11 is 0. The van der Waals surface area contributed by atoms with E-state index < -0.39 is 0 Å². The normalized spacial score (nSPS) is 11.8. The van der Waals surface area contributed by atoms with Crippen molar-refractivity contribution in [1.82, 2.24) is 19.7 Å². The molecule has 0 unspecified atom stereocenters. The maximum atomic E-state index is 11.4. The van der Waals surface area contributed by atoms with Gasteiger partial charge in [-0.3, -0.25) is 9.67 Å². The van der Waals surface area contributed by atoms with Crippen molar-refractivity contribution < 1.29 is 19.0 Å². The van der Waals surface area contributed by atoms with Gasteiger partial charge in [0.05, 0.1) is 48.4 Å². The first-order chi connectivity index (χ1) is 16.3. The van der Waals surface area contributed by atoms with Crippen LogP contribution in [0.4, 0.5) is 0 Å². The van der Waals surface area contributed by atoms with Crippen LogP contribution in [0.25, 0.3) is 39.2 Å². The number of ether oxygens (including phenoxy) is 2. The molecule has 0 atom stereocenters. The molecule has 2 N–H and O–H groups in total. The molecule has 0 saturated heterocycles. The third-order valence-electron chi connectivity index (χ3n) is 5.88. The van der Waals surface area contributed by atoms with Crippen molar-refractivity contribution in [1.29, 1.82) is 0 Å². The molecule has 0 bridgehead atoms. The first kappa shape index (κ1) is 21.6. The van der Waals surface area contributed by atoms with Gasteiger partial charge in [-0.1, -0.05) is 32.9 Å². The molecule has 0 aliphatic carbocycles. The second kappa shape index (κ2) is 7.98. The molecular formula is C26H26N4O4. The third-order valence-corrected chi connectivity index (χ3v) is 5.88. The van der Waals surface area contributed by atoms with Crippen LogP contribution in [0.15, 0.2) is 59.5 Å². The van der Waals surface area contributed by atoms with Gasteiger partial charge in [-0.05, 0) is 24.3 Å². The number of hydrogen-bond donors (Lipinski definition) is 2. The number of aromatic nitrogens is 4. The Morgan fingerprint density at radius 1 is 1.00 bits per heavy atom. The fraction of sp³-hybridized carbons (Fsp3) is 0.231. The summed E-state index contributed by atoms with van der Waals surface area (Å²) < 4.78 is 18.6. The predicted molar refractivity (Wildman–Crippen MR) is 130 cm³/mol. The minimum absolute atomic E-state index is 0.0494. The van der Waals surface area contributed by atoms with Crippen LogP contribution in [0.2, 0.25) is 0 Å². The van der Waals surface area contributed by atoms with Crippen LogP contribution >= 0.6 is 0 Å². The van der Waals surface area contributed by atoms with Crippen LogP contribution < -0.4 is 9.47 Å². The SMILES string of the molecule is COc1cc(-n2c(O)c3[nH]nc(C(C)(C)C)c3c2-c2ccccc2OC)ccc1-c1cnco1. The van der Waals surface area contributed by atoms with Crippen LogP contribution in [0.1, 0.15) is 26.5 Å². The van der Waals surface area contributed by atoms with Crippen LogP contribution in [0.5, 0.6) is 17.4 Å². The highest BCUT2D eigenvalue weighted by Crippen LogP contribution is 2.46. The number of aromatic hydroxyl groups is 1. The molecule has 5 aromatic rings. The molecule has 34 heavy (non-hydrogen) atoms. The Morgan fingerprint density at radius 2 is 1.76 bits per heavy atom. The lowest BCUT2D eigenvalue weighted by molar-refractivity contribution is 0.413. The molecule has 0 fully saturated rings. The number of nitrogens with one attached hydrogen (secondary N) is 1. The van der Waals surface area contributed by atoms with E-state index in [-0.39, 0.29) is 11.3 Å². The lowest BCUT2D eigenvalue weighted by Crippen LogP contribution is -2.12. The number of benzene rings is 2. The number of rotatable bonds is 5. The molecule has 0 saturated carbocycles. The first-order valence-electron chi connectivity index (χ1n) is 10.9. The molecule has 8 nitrogen and oxygen atoms in total. The Hall–Kier alpha value is -4.20. The average Bonchev–Trinajstić information content (AvgIpc) is 3.56. The number of oxazole rings is 1. The van der Waals surface area contributed by atoms with Gasteiger partial charge in [-0.25, -0.2) is 4.98 Å². The molecule has 3 heterocycles. The molecule has 5 rings (SSSR count). The van der Waals surface area contributed by atoms with E-state index in [0.717, 1.165) is 27.9 Å². The molecule has 0 amide bonds. The molecular weight excluding hydrogens is 432 g/mol. The zero-order valence-corrected chi connectivity index (χ0v) is 19.7. The number of methoxy groups -OCH3 is 2. The number of aromatic amines is 1.